The molecule has 1 saturated heterocycles. The number of aromatic amines is 1. The third-order valence-corrected chi connectivity index (χ3v) is 5.26. The van der Waals surface area contributed by atoms with Gasteiger partial charge in [0.25, 0.3) is 5.56 Å². The highest BCUT2D eigenvalue weighted by atomic mass is 19.4. The summed E-state index contributed by atoms with van der Waals surface area (Å²) in [4.78, 5) is 21.9. The maximum atomic E-state index is 12.8. The maximum absolute atomic E-state index is 12.8. The molecule has 1 atom stereocenters. The zero-order chi connectivity index (χ0) is 20.8. The van der Waals surface area contributed by atoms with Crippen LogP contribution in [0.1, 0.15) is 42.6 Å². The molecule has 154 valence electrons. The minimum absolute atomic E-state index is 0.181. The minimum Gasteiger partial charge on any atom is -0.390 e. The van der Waals surface area contributed by atoms with Crippen LogP contribution in [0.2, 0.25) is 0 Å². The fraction of sp³-hybridized carbons (Fsp3) is 0.421. The lowest BCUT2D eigenvalue weighted by atomic mass is 10.1. The highest BCUT2D eigenvalue weighted by Gasteiger charge is 2.30. The van der Waals surface area contributed by atoms with Crippen molar-refractivity contribution in [1.29, 1.82) is 0 Å². The number of alkyl halides is 3. The summed E-state index contributed by atoms with van der Waals surface area (Å²) < 4.78 is 40.0. The van der Waals surface area contributed by atoms with Crippen LogP contribution in [-0.2, 0) is 12.8 Å². The molecule has 2 N–H and O–H groups in total. The summed E-state index contributed by atoms with van der Waals surface area (Å²) in [5.41, 5.74) is -0.0724. The standard InChI is InChI=1S/C19H20F3N5O2/c1-11(12-4-6-13(7-5-12)19(20,21)22)27-16-15(14(10-28)25-27)17(29)24-18(23-16)26-8-2-3-9-26/h4-7,11,28H,2-3,8-10H2,1H3,(H,23,24,29). The van der Waals surface area contributed by atoms with E-state index in [-0.39, 0.29) is 11.1 Å². The van der Waals surface area contributed by atoms with Gasteiger partial charge in [-0.3, -0.25) is 9.78 Å². The summed E-state index contributed by atoms with van der Waals surface area (Å²) in [6.07, 6.45) is -2.40. The predicted molar refractivity (Wildman–Crippen MR) is 101 cm³/mol. The number of nitrogens with one attached hydrogen (secondary N) is 1. The molecule has 0 aliphatic carbocycles. The van der Waals surface area contributed by atoms with Crippen molar-refractivity contribution in [1.82, 2.24) is 19.7 Å². The number of fused-ring (bicyclic) bond motifs is 1. The number of hydrogen-bond donors (Lipinski definition) is 2. The number of nitrogens with zero attached hydrogens (tertiary/aromatic N) is 4. The van der Waals surface area contributed by atoms with Gasteiger partial charge in [0, 0.05) is 13.1 Å². The van der Waals surface area contributed by atoms with E-state index in [9.17, 15) is 23.1 Å². The Bertz CT molecular complexity index is 1080. The summed E-state index contributed by atoms with van der Waals surface area (Å²) in [5.74, 6) is 0.435. The van der Waals surface area contributed by atoms with E-state index in [4.69, 9.17) is 0 Å². The monoisotopic (exact) mass is 407 g/mol. The van der Waals surface area contributed by atoms with Gasteiger partial charge < -0.3 is 10.0 Å². The molecule has 1 aliphatic heterocycles. The van der Waals surface area contributed by atoms with Gasteiger partial charge in [0.15, 0.2) is 5.65 Å². The van der Waals surface area contributed by atoms with Crippen LogP contribution in [0.4, 0.5) is 19.1 Å². The van der Waals surface area contributed by atoms with E-state index < -0.39 is 29.9 Å². The van der Waals surface area contributed by atoms with Crippen LogP contribution in [0.15, 0.2) is 29.1 Å². The molecule has 1 unspecified atom stereocenters. The van der Waals surface area contributed by atoms with E-state index >= 15 is 0 Å². The van der Waals surface area contributed by atoms with Crippen molar-refractivity contribution in [3.63, 3.8) is 0 Å². The predicted octanol–water partition coefficient (Wildman–Crippen LogP) is 2.84. The molecule has 7 nitrogen and oxygen atoms in total. The molecule has 0 spiro atoms. The quantitative estimate of drug-likeness (QED) is 0.695. The van der Waals surface area contributed by atoms with Crippen LogP contribution >= 0.6 is 0 Å². The molecule has 3 heterocycles. The molecule has 0 amide bonds. The van der Waals surface area contributed by atoms with Crippen molar-refractivity contribution < 1.29 is 18.3 Å². The molecule has 0 radical (unpaired) electrons. The average molecular weight is 407 g/mol. The highest BCUT2D eigenvalue weighted by Crippen LogP contribution is 2.31. The van der Waals surface area contributed by atoms with Crippen molar-refractivity contribution >= 4 is 17.0 Å². The van der Waals surface area contributed by atoms with E-state index in [0.717, 1.165) is 38.1 Å². The smallest absolute Gasteiger partial charge is 0.390 e. The third-order valence-electron chi connectivity index (χ3n) is 5.26. The lowest BCUT2D eigenvalue weighted by Gasteiger charge is -2.17. The number of hydrogen-bond acceptors (Lipinski definition) is 5. The Kier molecular flexibility index (Phi) is 4.81. The molecule has 2 aromatic heterocycles. The molecule has 1 fully saturated rings. The Morgan fingerprint density at radius 3 is 2.45 bits per heavy atom. The lowest BCUT2D eigenvalue weighted by molar-refractivity contribution is -0.137. The Morgan fingerprint density at radius 1 is 1.21 bits per heavy atom. The number of aliphatic hydroxyl groups excluding tert-OH is 1. The van der Waals surface area contributed by atoms with Crippen LogP contribution in [0.3, 0.4) is 0 Å². The number of benzene rings is 1. The number of aliphatic hydroxyl groups is 1. The topological polar surface area (TPSA) is 87.0 Å². The Labute approximate surface area is 163 Å². The first-order valence-electron chi connectivity index (χ1n) is 9.34. The van der Waals surface area contributed by atoms with Crippen LogP contribution in [0.25, 0.3) is 11.0 Å². The van der Waals surface area contributed by atoms with Gasteiger partial charge >= 0.3 is 6.18 Å². The van der Waals surface area contributed by atoms with E-state index in [1.807, 2.05) is 4.90 Å². The van der Waals surface area contributed by atoms with E-state index in [1.54, 1.807) is 6.92 Å². The second-order valence-electron chi connectivity index (χ2n) is 7.13. The van der Waals surface area contributed by atoms with Gasteiger partial charge in [-0.1, -0.05) is 12.1 Å². The second-order valence-corrected chi connectivity index (χ2v) is 7.13. The molecule has 3 aromatic rings. The van der Waals surface area contributed by atoms with Crippen molar-refractivity contribution in [3.05, 3.63) is 51.4 Å². The molecule has 0 saturated carbocycles. The number of rotatable bonds is 4. The summed E-state index contributed by atoms with van der Waals surface area (Å²) in [6, 6.07) is 4.31. The summed E-state index contributed by atoms with van der Waals surface area (Å²) >= 11 is 0. The molecule has 4 rings (SSSR count). The zero-order valence-electron chi connectivity index (χ0n) is 15.7. The van der Waals surface area contributed by atoms with Gasteiger partial charge in [-0.2, -0.15) is 23.3 Å². The van der Waals surface area contributed by atoms with E-state index in [2.05, 4.69) is 15.1 Å². The first kappa shape index (κ1) is 19.4. The number of anilines is 1. The molecule has 10 heteroatoms. The average Bonchev–Trinajstić information content (AvgIpc) is 3.35. The summed E-state index contributed by atoms with van der Waals surface area (Å²) in [5, 5.41) is 14.2. The van der Waals surface area contributed by atoms with Crippen LogP contribution in [0.5, 0.6) is 0 Å². The molecule has 0 bridgehead atoms. The third kappa shape index (κ3) is 3.48. The molecule has 29 heavy (non-hydrogen) atoms. The largest absolute Gasteiger partial charge is 0.416 e. The summed E-state index contributed by atoms with van der Waals surface area (Å²) in [6.45, 7) is 2.87. The Hall–Kier alpha value is -2.88. The van der Waals surface area contributed by atoms with Gasteiger partial charge in [-0.25, -0.2) is 4.68 Å². The SMILES string of the molecule is CC(c1ccc(C(F)(F)F)cc1)n1nc(CO)c2c(=O)[nH]c(N3CCCC3)nc21. The normalized spacial score (nSPS) is 16.0. The first-order chi connectivity index (χ1) is 13.8. The molecular formula is C19H20F3N5O2. The molecular weight excluding hydrogens is 387 g/mol. The van der Waals surface area contributed by atoms with Gasteiger partial charge in [-0.15, -0.1) is 0 Å². The fourth-order valence-corrected chi connectivity index (χ4v) is 3.65. The first-order valence-corrected chi connectivity index (χ1v) is 9.34. The second kappa shape index (κ2) is 7.18. The van der Waals surface area contributed by atoms with Gasteiger partial charge in [-0.05, 0) is 37.5 Å². The van der Waals surface area contributed by atoms with Crippen LogP contribution < -0.4 is 10.5 Å². The molecule has 1 aliphatic rings. The van der Waals surface area contributed by atoms with Crippen LogP contribution in [-0.4, -0.2) is 37.9 Å². The number of halogens is 3. The molecule has 1 aromatic carbocycles. The highest BCUT2D eigenvalue weighted by molar-refractivity contribution is 5.78. The van der Waals surface area contributed by atoms with Crippen molar-refractivity contribution in [2.24, 2.45) is 0 Å². The van der Waals surface area contributed by atoms with Crippen molar-refractivity contribution in [2.75, 3.05) is 18.0 Å². The van der Waals surface area contributed by atoms with Crippen LogP contribution in [0, 0.1) is 0 Å². The van der Waals surface area contributed by atoms with E-state index in [0.29, 0.717) is 17.2 Å². The maximum Gasteiger partial charge on any atom is 0.416 e. The fourth-order valence-electron chi connectivity index (χ4n) is 3.65. The zero-order valence-corrected chi connectivity index (χ0v) is 15.7. The van der Waals surface area contributed by atoms with E-state index in [1.165, 1.54) is 16.8 Å². The minimum atomic E-state index is -4.41. The van der Waals surface area contributed by atoms with Gasteiger partial charge in [0.2, 0.25) is 5.95 Å². The van der Waals surface area contributed by atoms with Gasteiger partial charge in [0.05, 0.1) is 18.2 Å². The van der Waals surface area contributed by atoms with Crippen molar-refractivity contribution in [2.45, 2.75) is 38.6 Å². The lowest BCUT2D eigenvalue weighted by Crippen LogP contribution is -2.24. The van der Waals surface area contributed by atoms with Gasteiger partial charge in [0.1, 0.15) is 11.1 Å². The Balaban J connectivity index is 1.80. The number of aromatic nitrogens is 4. The number of H-pyrrole nitrogens is 1. The summed E-state index contributed by atoms with van der Waals surface area (Å²) in [7, 11) is 0. The Morgan fingerprint density at radius 2 is 1.86 bits per heavy atom. The van der Waals surface area contributed by atoms with Crippen molar-refractivity contribution in [3.8, 4) is 0 Å².